The second-order valence-corrected chi connectivity index (χ2v) is 31.9. The van der Waals surface area contributed by atoms with E-state index in [2.05, 4.69) is 89.7 Å². The van der Waals surface area contributed by atoms with Crippen molar-refractivity contribution >= 4 is 103 Å². The Kier molecular flexibility index (Phi) is 43.8. The third-order valence-corrected chi connectivity index (χ3v) is 19.9. The Hall–Kier alpha value is -12.5. The first-order valence-corrected chi connectivity index (χ1v) is 41.3. The van der Waals surface area contributed by atoms with Crippen LogP contribution in [0.15, 0.2) is 91.4 Å². The number of aliphatic carboxylic acids is 1. The van der Waals surface area contributed by atoms with Crippen molar-refractivity contribution in [2.24, 2.45) is 23.1 Å². The predicted molar refractivity (Wildman–Crippen MR) is 447 cm³/mol. The Morgan fingerprint density at radius 1 is 0.504 bits per heavy atom. The number of likely N-dealkylation sites (N-methyl/N-ethyl adjacent to an activating group) is 1. The number of quaternary nitrogens is 1. The van der Waals surface area contributed by atoms with E-state index in [1.165, 1.54) is 74.9 Å². The number of aliphatic hydroxyl groups excluding tert-OH is 3. The normalized spacial score (nSPS) is 15.3. The second-order valence-electron chi connectivity index (χ2n) is 30.4. The number of hydrogen-bond acceptors (Lipinski definition) is 26. The molecule has 1 aromatic heterocycles. The number of phosphoric acid groups is 1. The third kappa shape index (κ3) is 39.3. The quantitative estimate of drug-likeness (QED) is 0.00642. The van der Waals surface area contributed by atoms with Gasteiger partial charge in [-0.1, -0.05) is 74.9 Å². The summed E-state index contributed by atoms with van der Waals surface area (Å²) in [4.78, 5) is 213. The average molecular weight is 1780 g/mol. The number of phenolic OH excluding ortho intramolecular Hbond substituents is 2. The number of benzene rings is 3. The molecule has 0 spiro atoms. The molecule has 0 saturated heterocycles. The van der Waals surface area contributed by atoms with Crippen molar-refractivity contribution in [3.05, 3.63) is 114 Å². The second kappa shape index (κ2) is 52.2. The Morgan fingerprint density at radius 3 is 1.41 bits per heavy atom. The number of nitrogens with zero attached hydrogens (tertiary/aromatic N) is 2. The molecule has 13 amide bonds. The summed E-state index contributed by atoms with van der Waals surface area (Å²) in [6.07, 6.45) is -2.06. The van der Waals surface area contributed by atoms with E-state index < -0.39 is 233 Å². The van der Waals surface area contributed by atoms with E-state index in [1.54, 1.807) is 58.4 Å². The third-order valence-electron chi connectivity index (χ3n) is 18.9. The predicted octanol–water partition coefficient (Wildman–Crippen LogP) is -7.75. The molecule has 4 rings (SSSR count). The lowest BCUT2D eigenvalue weighted by molar-refractivity contribution is -0.870. The van der Waals surface area contributed by atoms with Crippen LogP contribution in [0.1, 0.15) is 89.1 Å². The summed E-state index contributed by atoms with van der Waals surface area (Å²) in [6, 6.07) is -1.53. The molecule has 31 N–H and O–H groups in total. The van der Waals surface area contributed by atoms with E-state index >= 15 is 4.79 Å². The van der Waals surface area contributed by atoms with Crippen molar-refractivity contribution in [3.8, 4) is 11.5 Å². The highest BCUT2D eigenvalue weighted by Crippen LogP contribution is 2.43. The van der Waals surface area contributed by atoms with E-state index in [9.17, 15) is 97.3 Å². The first kappa shape index (κ1) is 105. The zero-order chi connectivity index (χ0) is 93.4. The molecule has 125 heavy (non-hydrogen) atoms. The number of aromatic hydroxyl groups is 2. The van der Waals surface area contributed by atoms with E-state index in [1.807, 2.05) is 0 Å². The fourth-order valence-corrected chi connectivity index (χ4v) is 12.4. The SMILES string of the molecule is CC[C@H](C)[C@H](NC(=O)[C@@H](NC(=O)[C@H](CCCNC(=N)N)NC(=O)[C@@H](N)Cc1ccccc1)[C@@H](C)O)C(=O)N[C@H](C(=O)N[C@@H](CO)C(=O)N[C@@H](COP(=O)(O)OCC[N+](C)(C)C)C(=O)N[C@@H](Cc1ccc(O)cc1)C(=O)N[C@@H](Cc1ccc(O)cc1)C(=O)N[C@@H](CCCNC(=N)N)C(=O)NCC(=O)N[C@@H](C)C(=O)N[C@@H](Cc1c[nH]cn1)C(=O)NCC(=O)O)[C@@H](C)O. The van der Waals surface area contributed by atoms with Gasteiger partial charge in [0.15, 0.2) is 11.9 Å². The van der Waals surface area contributed by atoms with Crippen LogP contribution in [0.25, 0.3) is 0 Å². The van der Waals surface area contributed by atoms with Gasteiger partial charge in [-0.15, -0.1) is 0 Å². The smallest absolute Gasteiger partial charge is 0.472 e. The number of amides is 13. The van der Waals surface area contributed by atoms with Gasteiger partial charge in [0.1, 0.15) is 97.7 Å². The minimum absolute atomic E-state index is 0.00833. The molecule has 0 aliphatic carbocycles. The van der Waals surface area contributed by atoms with Crippen LogP contribution < -0.4 is 97.0 Å². The number of carboxylic acids is 1. The van der Waals surface area contributed by atoms with E-state index in [4.69, 9.17) is 42.2 Å². The number of nitrogens with two attached hydrogens (primary N) is 3. The number of phosphoric ester groups is 1. The molecule has 4 aromatic rings. The molecule has 0 saturated carbocycles. The van der Waals surface area contributed by atoms with Gasteiger partial charge in [-0.05, 0) is 99.7 Å². The molecule has 3 aromatic carbocycles. The number of imidazole rings is 1. The number of guanidine groups is 2. The van der Waals surface area contributed by atoms with Gasteiger partial charge in [0.05, 0.1) is 71.2 Å². The van der Waals surface area contributed by atoms with Crippen molar-refractivity contribution in [2.75, 3.05) is 73.7 Å². The van der Waals surface area contributed by atoms with Gasteiger partial charge in [-0.25, -0.2) is 9.55 Å². The molecule has 16 atom stereocenters. The topological polar surface area (TPSA) is 751 Å². The van der Waals surface area contributed by atoms with Gasteiger partial charge >= 0.3 is 13.8 Å². The highest BCUT2D eigenvalue weighted by atomic mass is 31.2. The molecule has 0 fully saturated rings. The first-order valence-electron chi connectivity index (χ1n) is 39.8. The number of hydrogen-bond donors (Lipinski definition) is 28. The van der Waals surface area contributed by atoms with Crippen LogP contribution in [0.5, 0.6) is 11.5 Å². The minimum atomic E-state index is -5.21. The number of aromatic nitrogens is 2. The van der Waals surface area contributed by atoms with E-state index in [-0.39, 0.29) is 97.6 Å². The van der Waals surface area contributed by atoms with Crippen LogP contribution in [-0.2, 0) is 106 Å². The summed E-state index contributed by atoms with van der Waals surface area (Å²) >= 11 is 0. The minimum Gasteiger partial charge on any atom is -0.508 e. The summed E-state index contributed by atoms with van der Waals surface area (Å²) < 4.78 is 24.1. The molecule has 47 nitrogen and oxygen atoms in total. The van der Waals surface area contributed by atoms with Gasteiger partial charge in [0, 0.05) is 38.5 Å². The van der Waals surface area contributed by atoms with Crippen LogP contribution in [-0.4, -0.2) is 303 Å². The summed E-state index contributed by atoms with van der Waals surface area (Å²) in [7, 11) is -0.0442. The zero-order valence-corrected chi connectivity index (χ0v) is 71.4. The number of carboxylic acid groups (broad SMARTS) is 1. The lowest BCUT2D eigenvalue weighted by Crippen LogP contribution is -2.64. The molecule has 0 radical (unpaired) electrons. The van der Waals surface area contributed by atoms with Crippen molar-refractivity contribution in [3.63, 3.8) is 0 Å². The number of H-pyrrole nitrogens is 1. The molecule has 1 heterocycles. The van der Waals surface area contributed by atoms with Crippen LogP contribution in [0.3, 0.4) is 0 Å². The zero-order valence-electron chi connectivity index (χ0n) is 70.5. The number of nitrogens with one attached hydrogen (secondary N) is 18. The van der Waals surface area contributed by atoms with Crippen LogP contribution in [0, 0.1) is 16.7 Å². The van der Waals surface area contributed by atoms with Gasteiger partial charge < -0.3 is 142 Å². The van der Waals surface area contributed by atoms with Crippen molar-refractivity contribution < 1.29 is 121 Å². The fourth-order valence-electron chi connectivity index (χ4n) is 11.7. The number of phenols is 2. The molecule has 1 unspecified atom stereocenters. The summed E-state index contributed by atoms with van der Waals surface area (Å²) in [5, 5.41) is 114. The van der Waals surface area contributed by atoms with E-state index in [0.717, 1.165) is 13.8 Å². The molecular formula is C77H119N23O24P+. The van der Waals surface area contributed by atoms with Crippen molar-refractivity contribution in [2.45, 2.75) is 177 Å². The molecular weight excluding hydrogens is 1660 g/mol. The Morgan fingerprint density at radius 2 is 0.920 bits per heavy atom. The molecule has 690 valence electrons. The number of carbonyl (C=O) groups is 14. The van der Waals surface area contributed by atoms with Gasteiger partial charge in [0.2, 0.25) is 76.8 Å². The number of aliphatic hydroxyl groups is 3. The maximum absolute atomic E-state index is 15.1. The largest absolute Gasteiger partial charge is 0.508 e. The van der Waals surface area contributed by atoms with Crippen molar-refractivity contribution in [1.29, 1.82) is 10.8 Å². The monoisotopic (exact) mass is 1780 g/mol. The highest BCUT2D eigenvalue weighted by molar-refractivity contribution is 7.47. The van der Waals surface area contributed by atoms with Gasteiger partial charge in [-0.3, -0.25) is 87.0 Å². The number of aromatic amines is 1. The fraction of sp³-hybridized carbons (Fsp3) is 0.519. The van der Waals surface area contributed by atoms with Crippen LogP contribution >= 0.6 is 7.82 Å². The summed E-state index contributed by atoms with van der Waals surface area (Å²) in [5.74, 6) is -18.0. The van der Waals surface area contributed by atoms with Gasteiger partial charge in [-0.2, -0.15) is 0 Å². The van der Waals surface area contributed by atoms with E-state index in [0.29, 0.717) is 11.3 Å². The Bertz CT molecular complexity index is 4320. The Labute approximate surface area is 720 Å². The highest BCUT2D eigenvalue weighted by Gasteiger charge is 2.40. The van der Waals surface area contributed by atoms with Gasteiger partial charge in [0.25, 0.3) is 0 Å². The Balaban J connectivity index is 1.67. The maximum atomic E-state index is 15.1. The molecule has 0 aliphatic rings. The summed E-state index contributed by atoms with van der Waals surface area (Å²) in [5.41, 5.74) is 18.6. The maximum Gasteiger partial charge on any atom is 0.472 e. The molecule has 0 bridgehead atoms. The van der Waals surface area contributed by atoms with Crippen LogP contribution in [0.4, 0.5) is 0 Å². The lowest BCUT2D eigenvalue weighted by atomic mass is 9.96. The van der Waals surface area contributed by atoms with Crippen molar-refractivity contribution in [1.82, 2.24) is 89.7 Å². The van der Waals surface area contributed by atoms with Crippen LogP contribution in [0.2, 0.25) is 0 Å². The first-order chi connectivity index (χ1) is 58.8. The molecule has 0 aliphatic heterocycles. The number of rotatable bonds is 55. The molecule has 48 heteroatoms. The summed E-state index contributed by atoms with van der Waals surface area (Å²) in [6.45, 7) is 1.98. The standard InChI is InChI=1S/C77H118N23O24P/c1-9-41(2)61(97-75(120)63(44(5)103)98-68(113)53(18-14-28-85-77(81)82)90-65(110)51(78)31-45-15-11-10-12-16-45)73(118)99-62(43(4)102)74(119)95-57(38-101)71(116)96-58(39-124-125(121,122)123-30-29-100(6,7)8)72(117)94-55(33-47-21-25-50(105)26-22-47)70(115)93-54(32-46-19-23-49(104)24-20-46)69(114)91-52(17-13-27-84-76(79)80)66(111)86-36-59(106)89-42(3)64(109)92-56(34-48-35-83-40-88-48)67(112)87-37-60(107)108/h10-12,15-16,19-26,35,40-44,51-58,61-63,101-103H,9,13-14,17-18,27-34,36-39,78H2,1-8H3,(H25-,79,80,81,82,83,84,85,86,87,88,89,90,91,92,93,94,95,96,97,98,99,104,105,106,107,108,109,110,111,112,113,114,115,116,117,118,119,120,121,122)/p+1/t41-,42-,43+,44+,51-,52-,53-,54-,55-,56-,57-,58-,61-,62-,63-/m0/s1. The average Bonchev–Trinajstić information content (AvgIpc) is 1.12. The lowest BCUT2D eigenvalue weighted by Gasteiger charge is -2.31. The number of carbonyl (C=O) groups excluding carboxylic acids is 13.